The highest BCUT2D eigenvalue weighted by atomic mass is 32.2. The summed E-state index contributed by atoms with van der Waals surface area (Å²) in [4.78, 5) is 24.8. The minimum atomic E-state index is -3.75. The third-order valence-corrected chi connectivity index (χ3v) is 8.22. The minimum Gasteiger partial charge on any atom is -0.483 e. The van der Waals surface area contributed by atoms with Crippen LogP contribution in [0.15, 0.2) is 34.5 Å². The zero-order valence-corrected chi connectivity index (χ0v) is 20.1. The Kier molecular flexibility index (Phi) is 7.91. The maximum atomic E-state index is 12.9. The largest absolute Gasteiger partial charge is 0.483 e. The fourth-order valence-corrected chi connectivity index (χ4v) is 6.33. The number of nitrogens with one attached hydrogen (secondary N) is 2. The third-order valence-electron chi connectivity index (χ3n) is 5.23. The first-order valence-electron chi connectivity index (χ1n) is 10.6. The molecule has 1 saturated heterocycles. The van der Waals surface area contributed by atoms with Gasteiger partial charge >= 0.3 is 0 Å². The number of sulfonamides is 1. The fourth-order valence-electron chi connectivity index (χ4n) is 3.52. The van der Waals surface area contributed by atoms with E-state index in [1.54, 1.807) is 5.38 Å². The number of ether oxygens (including phenoxy) is 1. The van der Waals surface area contributed by atoms with Crippen molar-refractivity contribution in [1.29, 1.82) is 0 Å². The van der Waals surface area contributed by atoms with Gasteiger partial charge in [0.15, 0.2) is 6.61 Å². The van der Waals surface area contributed by atoms with E-state index >= 15 is 0 Å². The van der Waals surface area contributed by atoms with Gasteiger partial charge < -0.3 is 4.74 Å². The highest BCUT2D eigenvalue weighted by Gasteiger charge is 2.31. The Morgan fingerprint density at radius 2 is 1.84 bits per heavy atom. The Morgan fingerprint density at radius 3 is 2.53 bits per heavy atom. The summed E-state index contributed by atoms with van der Waals surface area (Å²) < 4.78 is 32.9. The van der Waals surface area contributed by atoms with Gasteiger partial charge in [-0.25, -0.2) is 8.42 Å². The zero-order chi connectivity index (χ0) is 23.3. The Labute approximate surface area is 193 Å². The van der Waals surface area contributed by atoms with Crippen molar-refractivity contribution >= 4 is 33.2 Å². The van der Waals surface area contributed by atoms with Crippen molar-refractivity contribution in [3.63, 3.8) is 0 Å². The molecule has 8 nitrogen and oxygen atoms in total. The average molecular weight is 480 g/mol. The summed E-state index contributed by atoms with van der Waals surface area (Å²) >= 11 is 1.02. The molecule has 1 fully saturated rings. The zero-order valence-electron chi connectivity index (χ0n) is 18.5. The SMILES string of the molecule is Cc1ccc(C(C)C)c(OCC(=O)NNC(=O)c2sccc2S(=O)(=O)N2CCCCC2)c1. The van der Waals surface area contributed by atoms with Crippen LogP contribution in [0.3, 0.4) is 0 Å². The first-order valence-corrected chi connectivity index (χ1v) is 12.9. The molecule has 1 aromatic heterocycles. The lowest BCUT2D eigenvalue weighted by Crippen LogP contribution is -2.44. The van der Waals surface area contributed by atoms with Crippen molar-refractivity contribution in [3.05, 3.63) is 45.6 Å². The lowest BCUT2D eigenvalue weighted by atomic mass is 10.0. The molecule has 0 unspecified atom stereocenters. The molecule has 10 heteroatoms. The summed E-state index contributed by atoms with van der Waals surface area (Å²) in [5.74, 6) is -0.379. The summed E-state index contributed by atoms with van der Waals surface area (Å²) in [5.41, 5.74) is 6.59. The van der Waals surface area contributed by atoms with Crippen LogP contribution >= 0.6 is 11.3 Å². The number of thiophene rings is 1. The average Bonchev–Trinajstić information content (AvgIpc) is 3.27. The van der Waals surface area contributed by atoms with Gasteiger partial charge in [0.1, 0.15) is 15.5 Å². The smallest absolute Gasteiger partial charge is 0.281 e. The normalized spacial score (nSPS) is 14.9. The van der Waals surface area contributed by atoms with E-state index in [2.05, 4.69) is 10.9 Å². The number of nitrogens with zero attached hydrogens (tertiary/aromatic N) is 1. The van der Waals surface area contributed by atoms with Crippen molar-refractivity contribution in [2.75, 3.05) is 19.7 Å². The minimum absolute atomic E-state index is 0.0336. The standard InChI is InChI=1S/C22H29N3O5S2/c1-15(2)17-8-7-16(3)13-18(17)30-14-20(26)23-24-22(27)21-19(9-12-31-21)32(28,29)25-10-5-4-6-11-25/h7-9,12-13,15H,4-6,10-11,14H2,1-3H3,(H,23,26)(H,24,27). The van der Waals surface area contributed by atoms with Gasteiger partial charge in [0.2, 0.25) is 10.0 Å². The van der Waals surface area contributed by atoms with Crippen LogP contribution in [0.5, 0.6) is 5.75 Å². The second-order valence-electron chi connectivity index (χ2n) is 8.07. The molecule has 2 amide bonds. The number of hydrogen-bond donors (Lipinski definition) is 2. The number of amides is 2. The second kappa shape index (κ2) is 10.5. The summed E-state index contributed by atoms with van der Waals surface area (Å²) in [6, 6.07) is 7.25. The highest BCUT2D eigenvalue weighted by molar-refractivity contribution is 7.89. The van der Waals surface area contributed by atoms with E-state index in [4.69, 9.17) is 4.74 Å². The maximum Gasteiger partial charge on any atom is 0.281 e. The molecule has 2 aromatic rings. The molecule has 0 aliphatic carbocycles. The molecule has 1 aliphatic rings. The van der Waals surface area contributed by atoms with Crippen LogP contribution in [0.1, 0.15) is 59.8 Å². The van der Waals surface area contributed by atoms with Crippen LogP contribution in [0.25, 0.3) is 0 Å². The lowest BCUT2D eigenvalue weighted by molar-refractivity contribution is -0.123. The number of carbonyl (C=O) groups excluding carboxylic acids is 2. The van der Waals surface area contributed by atoms with Crippen LogP contribution in [-0.2, 0) is 14.8 Å². The number of benzene rings is 1. The molecule has 32 heavy (non-hydrogen) atoms. The molecular formula is C22H29N3O5S2. The van der Waals surface area contributed by atoms with E-state index in [9.17, 15) is 18.0 Å². The van der Waals surface area contributed by atoms with Gasteiger partial charge in [0, 0.05) is 13.1 Å². The Bertz CT molecular complexity index is 1070. The van der Waals surface area contributed by atoms with Crippen LogP contribution in [-0.4, -0.2) is 44.2 Å². The highest BCUT2D eigenvalue weighted by Crippen LogP contribution is 2.28. The van der Waals surface area contributed by atoms with E-state index in [1.807, 2.05) is 39.0 Å². The van der Waals surface area contributed by atoms with Gasteiger partial charge in [-0.2, -0.15) is 4.31 Å². The van der Waals surface area contributed by atoms with Crippen molar-refractivity contribution in [2.24, 2.45) is 0 Å². The third kappa shape index (κ3) is 5.67. The molecular weight excluding hydrogens is 450 g/mol. The van der Waals surface area contributed by atoms with Gasteiger partial charge in [-0.15, -0.1) is 11.3 Å². The van der Waals surface area contributed by atoms with Crippen molar-refractivity contribution in [3.8, 4) is 5.75 Å². The first-order chi connectivity index (χ1) is 15.2. The fraction of sp³-hybridized carbons (Fsp3) is 0.455. The van der Waals surface area contributed by atoms with E-state index < -0.39 is 21.8 Å². The summed E-state index contributed by atoms with van der Waals surface area (Å²) in [6.45, 7) is 6.62. The number of carbonyl (C=O) groups is 2. The topological polar surface area (TPSA) is 105 Å². The van der Waals surface area contributed by atoms with Crippen LogP contribution in [0.4, 0.5) is 0 Å². The van der Waals surface area contributed by atoms with Gasteiger partial charge in [0.05, 0.1) is 0 Å². The first kappa shape index (κ1) is 24.2. The van der Waals surface area contributed by atoms with E-state index in [-0.39, 0.29) is 22.3 Å². The number of hydrazine groups is 1. The van der Waals surface area contributed by atoms with Crippen LogP contribution in [0, 0.1) is 6.92 Å². The number of rotatable bonds is 7. The Hall–Kier alpha value is -2.43. The summed E-state index contributed by atoms with van der Waals surface area (Å²) in [7, 11) is -3.75. The molecule has 1 aromatic carbocycles. The maximum absolute atomic E-state index is 12.9. The molecule has 0 atom stereocenters. The number of piperidine rings is 1. The van der Waals surface area contributed by atoms with Crippen LogP contribution < -0.4 is 15.6 Å². The number of hydrogen-bond acceptors (Lipinski definition) is 6. The van der Waals surface area contributed by atoms with Gasteiger partial charge in [0.25, 0.3) is 11.8 Å². The summed E-state index contributed by atoms with van der Waals surface area (Å²) in [5, 5.41) is 1.56. The van der Waals surface area contributed by atoms with E-state index in [1.165, 1.54) is 10.4 Å². The predicted molar refractivity (Wildman–Crippen MR) is 123 cm³/mol. The van der Waals surface area contributed by atoms with Crippen molar-refractivity contribution in [1.82, 2.24) is 15.2 Å². The Balaban J connectivity index is 1.60. The predicted octanol–water partition coefficient (Wildman–Crippen LogP) is 3.19. The molecule has 174 valence electrons. The number of aryl methyl sites for hydroxylation is 1. The molecule has 2 N–H and O–H groups in total. The van der Waals surface area contributed by atoms with Crippen molar-refractivity contribution < 1.29 is 22.7 Å². The van der Waals surface area contributed by atoms with E-state index in [0.717, 1.165) is 41.7 Å². The molecule has 3 rings (SSSR count). The summed E-state index contributed by atoms with van der Waals surface area (Å²) in [6.07, 6.45) is 2.61. The lowest BCUT2D eigenvalue weighted by Gasteiger charge is -2.25. The van der Waals surface area contributed by atoms with Gasteiger partial charge in [-0.1, -0.05) is 32.4 Å². The van der Waals surface area contributed by atoms with Gasteiger partial charge in [-0.05, 0) is 54.3 Å². The quantitative estimate of drug-likeness (QED) is 0.594. The molecule has 0 spiro atoms. The molecule has 0 bridgehead atoms. The molecule has 0 radical (unpaired) electrons. The monoisotopic (exact) mass is 479 g/mol. The van der Waals surface area contributed by atoms with Gasteiger partial charge in [-0.3, -0.25) is 20.4 Å². The van der Waals surface area contributed by atoms with Crippen LogP contribution in [0.2, 0.25) is 0 Å². The Morgan fingerprint density at radius 1 is 1.12 bits per heavy atom. The second-order valence-corrected chi connectivity index (χ2v) is 10.9. The molecule has 2 heterocycles. The van der Waals surface area contributed by atoms with Crippen molar-refractivity contribution in [2.45, 2.75) is 50.8 Å². The molecule has 1 aliphatic heterocycles. The van der Waals surface area contributed by atoms with E-state index in [0.29, 0.717) is 18.8 Å². The molecule has 0 saturated carbocycles.